The highest BCUT2D eigenvalue weighted by Gasteiger charge is 2.45. The van der Waals surface area contributed by atoms with Gasteiger partial charge in [-0.3, -0.25) is 19.3 Å². The molecule has 2 amide bonds. The lowest BCUT2D eigenvalue weighted by molar-refractivity contribution is -0.118. The minimum atomic E-state index is -0.557. The summed E-state index contributed by atoms with van der Waals surface area (Å²) in [6.45, 7) is 7.48. The van der Waals surface area contributed by atoms with Crippen LogP contribution < -0.4 is 21.3 Å². The summed E-state index contributed by atoms with van der Waals surface area (Å²) in [5.41, 5.74) is 11.1. The van der Waals surface area contributed by atoms with Crippen molar-refractivity contribution in [2.45, 2.75) is 50.8 Å². The number of thioether (sulfide) groups is 1. The first-order valence-electron chi connectivity index (χ1n) is 13.6. The molecule has 0 saturated carbocycles. The number of hydrogen-bond acceptors (Lipinski definition) is 10. The summed E-state index contributed by atoms with van der Waals surface area (Å²) < 4.78 is 0.544. The molecule has 1 aliphatic heterocycles. The van der Waals surface area contributed by atoms with Gasteiger partial charge in [0.2, 0.25) is 16.9 Å². The highest BCUT2D eigenvalue weighted by atomic mass is 32.2. The van der Waals surface area contributed by atoms with E-state index in [0.717, 1.165) is 16.8 Å². The Balaban J connectivity index is 1.40. The molecule has 220 valence electrons. The number of carbonyl (C=O) groups is 3. The number of aromatic nitrogens is 2. The molecule has 2 aromatic carbocycles. The number of allylic oxidation sites excluding steroid dienone is 3. The van der Waals surface area contributed by atoms with E-state index in [2.05, 4.69) is 26.9 Å². The number of aryl methyl sites for hydroxylation is 1. The molecule has 0 fully saturated rings. The quantitative estimate of drug-likeness (QED) is 0.294. The number of nitrogens with two attached hydrogens (primary N) is 1. The van der Waals surface area contributed by atoms with Crippen LogP contribution in [0.2, 0.25) is 0 Å². The van der Waals surface area contributed by atoms with Gasteiger partial charge in [0.25, 0.3) is 0 Å². The van der Waals surface area contributed by atoms with Gasteiger partial charge in [0.05, 0.1) is 23.3 Å². The molecule has 4 N–H and O–H groups in total. The Morgan fingerprint density at radius 2 is 1.79 bits per heavy atom. The second-order valence-corrected chi connectivity index (χ2v) is 13.5. The molecule has 1 atom stereocenters. The van der Waals surface area contributed by atoms with E-state index in [1.165, 1.54) is 30.0 Å². The van der Waals surface area contributed by atoms with E-state index < -0.39 is 5.92 Å². The second-order valence-electron chi connectivity index (χ2n) is 11.3. The van der Waals surface area contributed by atoms with E-state index in [9.17, 15) is 19.6 Å². The van der Waals surface area contributed by atoms with Gasteiger partial charge in [0, 0.05) is 36.0 Å². The van der Waals surface area contributed by atoms with Gasteiger partial charge in [0.15, 0.2) is 10.1 Å². The Kier molecular flexibility index (Phi) is 8.39. The number of amides is 2. The van der Waals surface area contributed by atoms with Crippen molar-refractivity contribution < 1.29 is 14.4 Å². The maximum atomic E-state index is 13.7. The van der Waals surface area contributed by atoms with Crippen LogP contribution in [0.25, 0.3) is 0 Å². The monoisotopic (exact) mass is 613 g/mol. The van der Waals surface area contributed by atoms with E-state index in [0.29, 0.717) is 44.8 Å². The molecule has 1 unspecified atom stereocenters. The van der Waals surface area contributed by atoms with E-state index in [4.69, 9.17) is 5.73 Å². The third-order valence-corrected chi connectivity index (χ3v) is 9.33. The van der Waals surface area contributed by atoms with Gasteiger partial charge in [-0.2, -0.15) is 5.26 Å². The average molecular weight is 614 g/mol. The van der Waals surface area contributed by atoms with Crippen molar-refractivity contribution in [2.24, 2.45) is 11.1 Å². The highest BCUT2D eigenvalue weighted by molar-refractivity contribution is 8.01. The largest absolute Gasteiger partial charge is 0.384 e. The molecular formula is C31H31N7O3S2. The van der Waals surface area contributed by atoms with E-state index >= 15 is 0 Å². The number of nitrogens with one attached hydrogen (secondary N) is 2. The zero-order valence-corrected chi connectivity index (χ0v) is 25.9. The van der Waals surface area contributed by atoms with Crippen molar-refractivity contribution in [3.05, 3.63) is 82.3 Å². The number of benzene rings is 2. The lowest BCUT2D eigenvalue weighted by atomic mass is 9.68. The zero-order valence-electron chi connectivity index (χ0n) is 24.2. The summed E-state index contributed by atoms with van der Waals surface area (Å²) in [5, 5.41) is 24.9. The molecule has 0 spiro atoms. The summed E-state index contributed by atoms with van der Waals surface area (Å²) >= 11 is 2.47. The molecule has 0 radical (unpaired) electrons. The summed E-state index contributed by atoms with van der Waals surface area (Å²) in [6, 6.07) is 16.9. The summed E-state index contributed by atoms with van der Waals surface area (Å²) in [4.78, 5) is 39.3. The van der Waals surface area contributed by atoms with Crippen LogP contribution in [-0.2, 0) is 14.4 Å². The van der Waals surface area contributed by atoms with Crippen LogP contribution in [0, 0.1) is 23.7 Å². The molecule has 12 heteroatoms. The normalized spacial score (nSPS) is 17.8. The summed E-state index contributed by atoms with van der Waals surface area (Å²) in [5.74, 6) is -0.653. The first kappa shape index (κ1) is 30.0. The average Bonchev–Trinajstić information content (AvgIpc) is 3.40. The van der Waals surface area contributed by atoms with Crippen LogP contribution in [0.5, 0.6) is 0 Å². The minimum absolute atomic E-state index is 0.00866. The lowest BCUT2D eigenvalue weighted by Gasteiger charge is -2.42. The number of nitriles is 1. The highest BCUT2D eigenvalue weighted by Crippen LogP contribution is 2.51. The van der Waals surface area contributed by atoms with Crippen molar-refractivity contribution in [3.8, 4) is 6.07 Å². The predicted molar refractivity (Wildman–Crippen MR) is 168 cm³/mol. The van der Waals surface area contributed by atoms with Crippen molar-refractivity contribution in [1.29, 1.82) is 5.26 Å². The molecule has 3 aromatic rings. The van der Waals surface area contributed by atoms with Gasteiger partial charge in [-0.1, -0.05) is 61.2 Å². The van der Waals surface area contributed by atoms with Crippen molar-refractivity contribution in [3.63, 3.8) is 0 Å². The van der Waals surface area contributed by atoms with E-state index in [1.807, 2.05) is 45.0 Å². The van der Waals surface area contributed by atoms with Crippen LogP contribution in [-0.4, -0.2) is 33.5 Å². The summed E-state index contributed by atoms with van der Waals surface area (Å²) in [7, 11) is 0. The van der Waals surface area contributed by atoms with Crippen LogP contribution in [0.1, 0.15) is 50.7 Å². The number of carbonyl (C=O) groups excluding carboxylic acids is 3. The molecule has 5 rings (SSSR count). The Labute approximate surface area is 258 Å². The van der Waals surface area contributed by atoms with Crippen LogP contribution in [0.15, 0.2) is 75.5 Å². The standard InChI is InChI=1S/C31H31N7O3S2/c1-17-7-5-6-8-21(17)26-22(15-32)28(33)38(23-13-31(3,4)14-24(40)27(23)26)29-36-37-30(43-29)42-16-25(41)35-20-11-9-19(10-12-20)34-18(2)39/h5-12,26H,13-14,16,33H2,1-4H3,(H,34,39)(H,35,41). The fraction of sp³-hybridized carbons (Fsp3) is 0.290. The zero-order chi connectivity index (χ0) is 30.9. The lowest BCUT2D eigenvalue weighted by Crippen LogP contribution is -2.42. The molecule has 10 nitrogen and oxygen atoms in total. The van der Waals surface area contributed by atoms with Crippen molar-refractivity contribution >= 4 is 57.2 Å². The van der Waals surface area contributed by atoms with Gasteiger partial charge in [-0.05, 0) is 54.2 Å². The van der Waals surface area contributed by atoms with Crippen LogP contribution in [0.4, 0.5) is 16.5 Å². The number of rotatable bonds is 7. The number of hydrogen-bond donors (Lipinski definition) is 3. The number of ketones is 1. The third-order valence-electron chi connectivity index (χ3n) is 7.28. The molecular weight excluding hydrogens is 583 g/mol. The smallest absolute Gasteiger partial charge is 0.234 e. The maximum Gasteiger partial charge on any atom is 0.234 e. The molecule has 2 aliphatic rings. The van der Waals surface area contributed by atoms with E-state index in [1.54, 1.807) is 29.2 Å². The first-order valence-corrected chi connectivity index (χ1v) is 15.4. The maximum absolute atomic E-state index is 13.7. The fourth-order valence-corrected chi connectivity index (χ4v) is 7.15. The van der Waals surface area contributed by atoms with Gasteiger partial charge < -0.3 is 16.4 Å². The number of Topliss-reactive ketones (excluding diaryl/α,β-unsaturated/α-hetero) is 1. The number of anilines is 3. The molecule has 1 aliphatic carbocycles. The SMILES string of the molecule is CC(=O)Nc1ccc(NC(=O)CSc2nnc(N3C(N)=C(C#N)C(c4ccccc4C)C4=C3CC(C)(C)CC4=O)s2)cc1. The molecule has 43 heavy (non-hydrogen) atoms. The third kappa shape index (κ3) is 6.33. The summed E-state index contributed by atoms with van der Waals surface area (Å²) in [6.07, 6.45) is 0.935. The van der Waals surface area contributed by atoms with Crippen molar-refractivity contribution in [2.75, 3.05) is 21.3 Å². The molecule has 2 heterocycles. The first-order chi connectivity index (χ1) is 20.5. The van der Waals surface area contributed by atoms with Gasteiger partial charge in [-0.15, -0.1) is 10.2 Å². The van der Waals surface area contributed by atoms with Gasteiger partial charge >= 0.3 is 0 Å². The predicted octanol–water partition coefficient (Wildman–Crippen LogP) is 5.48. The molecule has 1 aromatic heterocycles. The van der Waals surface area contributed by atoms with Crippen LogP contribution in [0.3, 0.4) is 0 Å². The Morgan fingerprint density at radius 1 is 1.12 bits per heavy atom. The second kappa shape index (κ2) is 12.0. The Morgan fingerprint density at radius 3 is 2.44 bits per heavy atom. The topological polar surface area (TPSA) is 154 Å². The van der Waals surface area contributed by atoms with Gasteiger partial charge in [0.1, 0.15) is 5.82 Å². The Hall–Kier alpha value is -4.47. The van der Waals surface area contributed by atoms with Crippen LogP contribution >= 0.6 is 23.1 Å². The Bertz CT molecular complexity index is 1720. The van der Waals surface area contributed by atoms with Crippen molar-refractivity contribution in [1.82, 2.24) is 10.2 Å². The number of nitrogens with zero attached hydrogens (tertiary/aromatic N) is 4. The molecule has 0 bridgehead atoms. The van der Waals surface area contributed by atoms with E-state index in [-0.39, 0.29) is 34.6 Å². The molecule has 0 saturated heterocycles. The van der Waals surface area contributed by atoms with Gasteiger partial charge in [-0.25, -0.2) is 0 Å². The minimum Gasteiger partial charge on any atom is -0.384 e. The fourth-order valence-electron chi connectivity index (χ4n) is 5.46.